The number of benzene rings is 4. The van der Waals surface area contributed by atoms with Gasteiger partial charge in [0.25, 0.3) is 0 Å². The van der Waals surface area contributed by atoms with Crippen LogP contribution in [0, 0.1) is 0 Å². The minimum atomic E-state index is -0.0399. The van der Waals surface area contributed by atoms with Gasteiger partial charge in [-0.15, -0.1) is 0 Å². The Hall–Kier alpha value is -4.10. The van der Waals surface area contributed by atoms with E-state index in [-0.39, 0.29) is 5.41 Å². The predicted octanol–water partition coefficient (Wildman–Crippen LogP) is 9.06. The standard InChI is InChI=1S/C34H29N/c1-34(2)31-20-13-12-19-29(31)30-23-22-27(24-32(30)34)35(26-16-8-4-9-17-26)33-21-11-5-10-18-28(33)25-14-6-3-7-15-25/h3-10,12-24H,11H2,1-2H3. The van der Waals surface area contributed by atoms with Crippen LogP contribution >= 0.6 is 0 Å². The molecule has 6 rings (SSSR count). The van der Waals surface area contributed by atoms with Crippen molar-refractivity contribution in [3.63, 3.8) is 0 Å². The largest absolute Gasteiger partial charge is 0.310 e. The Kier molecular flexibility index (Phi) is 5.26. The molecule has 4 aromatic carbocycles. The molecule has 0 spiro atoms. The third-order valence-electron chi connectivity index (χ3n) is 7.29. The molecular weight excluding hydrogens is 422 g/mol. The molecule has 0 radical (unpaired) electrons. The van der Waals surface area contributed by atoms with Crippen LogP contribution in [0.25, 0.3) is 16.7 Å². The fourth-order valence-electron chi connectivity index (χ4n) is 5.53. The summed E-state index contributed by atoms with van der Waals surface area (Å²) in [5.41, 5.74) is 11.5. The Labute approximate surface area is 208 Å². The van der Waals surface area contributed by atoms with Crippen LogP contribution in [-0.4, -0.2) is 0 Å². The van der Waals surface area contributed by atoms with E-state index in [1.54, 1.807) is 0 Å². The van der Waals surface area contributed by atoms with E-state index in [1.807, 2.05) is 0 Å². The highest BCUT2D eigenvalue weighted by molar-refractivity contribution is 5.90. The topological polar surface area (TPSA) is 3.24 Å². The molecule has 4 aromatic rings. The number of hydrogen-bond donors (Lipinski definition) is 0. The van der Waals surface area contributed by atoms with Gasteiger partial charge in [-0.25, -0.2) is 0 Å². The van der Waals surface area contributed by atoms with Crippen LogP contribution in [0.3, 0.4) is 0 Å². The van der Waals surface area contributed by atoms with E-state index >= 15 is 0 Å². The van der Waals surface area contributed by atoms with Gasteiger partial charge in [0.05, 0.1) is 5.70 Å². The number of anilines is 2. The van der Waals surface area contributed by atoms with E-state index in [9.17, 15) is 0 Å². The summed E-state index contributed by atoms with van der Waals surface area (Å²) in [6.45, 7) is 4.69. The SMILES string of the molecule is CC1(C)c2ccccc2-c2ccc(N(C3=CCC=CC=C3c3ccccc3)c3ccccc3)cc21. The van der Waals surface area contributed by atoms with Crippen molar-refractivity contribution in [3.05, 3.63) is 150 Å². The first-order valence-electron chi connectivity index (χ1n) is 12.4. The molecule has 0 heterocycles. The van der Waals surface area contributed by atoms with Gasteiger partial charge < -0.3 is 4.90 Å². The first kappa shape index (κ1) is 21.4. The van der Waals surface area contributed by atoms with E-state index < -0.39 is 0 Å². The summed E-state index contributed by atoms with van der Waals surface area (Å²) in [7, 11) is 0. The number of nitrogens with zero attached hydrogens (tertiary/aromatic N) is 1. The molecule has 1 nitrogen and oxygen atoms in total. The van der Waals surface area contributed by atoms with Crippen molar-refractivity contribution in [1.82, 2.24) is 0 Å². The molecule has 0 N–H and O–H groups in total. The predicted molar refractivity (Wildman–Crippen MR) is 149 cm³/mol. The van der Waals surface area contributed by atoms with Gasteiger partial charge in [0, 0.05) is 22.4 Å². The Morgan fingerprint density at radius 3 is 2.14 bits per heavy atom. The second-order valence-electron chi connectivity index (χ2n) is 9.77. The second kappa shape index (κ2) is 8.60. The lowest BCUT2D eigenvalue weighted by atomic mass is 9.82. The summed E-state index contributed by atoms with van der Waals surface area (Å²) < 4.78 is 0. The van der Waals surface area contributed by atoms with Crippen LogP contribution in [0.1, 0.15) is 37.0 Å². The lowest BCUT2D eigenvalue weighted by Crippen LogP contribution is -2.20. The maximum Gasteiger partial charge on any atom is 0.0503 e. The lowest BCUT2D eigenvalue weighted by Gasteiger charge is -2.31. The molecule has 0 bridgehead atoms. The van der Waals surface area contributed by atoms with Gasteiger partial charge in [-0.2, -0.15) is 0 Å². The highest BCUT2D eigenvalue weighted by Gasteiger charge is 2.35. The Balaban J connectivity index is 1.54. The molecule has 0 saturated heterocycles. The van der Waals surface area contributed by atoms with Crippen LogP contribution in [-0.2, 0) is 5.41 Å². The summed E-state index contributed by atoms with van der Waals surface area (Å²) in [5.74, 6) is 0. The average Bonchev–Trinajstić information content (AvgIpc) is 3.03. The zero-order valence-electron chi connectivity index (χ0n) is 20.3. The molecule has 2 aliphatic carbocycles. The number of hydrogen-bond acceptors (Lipinski definition) is 1. The van der Waals surface area contributed by atoms with Crippen molar-refractivity contribution in [2.24, 2.45) is 0 Å². The Morgan fingerprint density at radius 1 is 0.657 bits per heavy atom. The minimum Gasteiger partial charge on any atom is -0.310 e. The van der Waals surface area contributed by atoms with Crippen LogP contribution < -0.4 is 4.90 Å². The van der Waals surface area contributed by atoms with Crippen molar-refractivity contribution in [1.29, 1.82) is 0 Å². The first-order valence-corrected chi connectivity index (χ1v) is 12.4. The summed E-state index contributed by atoms with van der Waals surface area (Å²) in [4.78, 5) is 2.42. The number of allylic oxidation sites excluding steroid dienone is 5. The fraction of sp³-hybridized carbons (Fsp3) is 0.118. The summed E-state index contributed by atoms with van der Waals surface area (Å²) in [6.07, 6.45) is 9.89. The van der Waals surface area contributed by atoms with Gasteiger partial charge in [0.15, 0.2) is 0 Å². The number of para-hydroxylation sites is 1. The normalized spacial score (nSPS) is 15.5. The highest BCUT2D eigenvalue weighted by atomic mass is 15.1. The van der Waals surface area contributed by atoms with Crippen LogP contribution in [0.2, 0.25) is 0 Å². The summed E-state index contributed by atoms with van der Waals surface area (Å²) in [5, 5.41) is 0. The van der Waals surface area contributed by atoms with Crippen molar-refractivity contribution in [3.8, 4) is 11.1 Å². The van der Waals surface area contributed by atoms with Crippen molar-refractivity contribution in [2.75, 3.05) is 4.90 Å². The average molecular weight is 452 g/mol. The zero-order valence-corrected chi connectivity index (χ0v) is 20.3. The Morgan fingerprint density at radius 2 is 1.34 bits per heavy atom. The van der Waals surface area contributed by atoms with Crippen molar-refractivity contribution in [2.45, 2.75) is 25.7 Å². The molecule has 0 fully saturated rings. The number of rotatable bonds is 4. The van der Waals surface area contributed by atoms with Crippen LogP contribution in [0.15, 0.2) is 133 Å². The third-order valence-corrected chi connectivity index (χ3v) is 7.29. The van der Waals surface area contributed by atoms with E-state index in [4.69, 9.17) is 0 Å². The maximum atomic E-state index is 2.42. The highest BCUT2D eigenvalue weighted by Crippen LogP contribution is 2.50. The van der Waals surface area contributed by atoms with Crippen molar-refractivity contribution < 1.29 is 0 Å². The lowest BCUT2D eigenvalue weighted by molar-refractivity contribution is 0.660. The summed E-state index contributed by atoms with van der Waals surface area (Å²) >= 11 is 0. The van der Waals surface area contributed by atoms with Gasteiger partial charge in [0.2, 0.25) is 0 Å². The minimum absolute atomic E-state index is 0.0399. The molecule has 35 heavy (non-hydrogen) atoms. The molecule has 170 valence electrons. The van der Waals surface area contributed by atoms with Gasteiger partial charge in [-0.1, -0.05) is 117 Å². The summed E-state index contributed by atoms with van der Waals surface area (Å²) in [6, 6.07) is 37.3. The van der Waals surface area contributed by atoms with Gasteiger partial charge in [0.1, 0.15) is 0 Å². The van der Waals surface area contributed by atoms with Gasteiger partial charge in [-0.05, 0) is 58.5 Å². The molecule has 0 unspecified atom stereocenters. The molecule has 2 aliphatic rings. The molecule has 0 amide bonds. The van der Waals surface area contributed by atoms with E-state index in [2.05, 4.69) is 146 Å². The number of fused-ring (bicyclic) bond motifs is 3. The first-order chi connectivity index (χ1) is 17.1. The monoisotopic (exact) mass is 451 g/mol. The van der Waals surface area contributed by atoms with Crippen LogP contribution in [0.4, 0.5) is 11.4 Å². The maximum absolute atomic E-state index is 2.42. The van der Waals surface area contributed by atoms with Crippen LogP contribution in [0.5, 0.6) is 0 Å². The molecule has 0 aromatic heterocycles. The van der Waals surface area contributed by atoms with E-state index in [0.717, 1.165) is 12.1 Å². The molecular formula is C34H29N. The van der Waals surface area contributed by atoms with E-state index in [0.29, 0.717) is 0 Å². The second-order valence-corrected chi connectivity index (χ2v) is 9.77. The molecule has 0 saturated carbocycles. The third kappa shape index (κ3) is 3.65. The quantitative estimate of drug-likeness (QED) is 0.299. The Bertz CT molecular complexity index is 1470. The van der Waals surface area contributed by atoms with Crippen molar-refractivity contribution >= 4 is 16.9 Å². The zero-order chi connectivity index (χ0) is 23.8. The molecule has 1 heteroatoms. The fourth-order valence-corrected chi connectivity index (χ4v) is 5.53. The van der Waals surface area contributed by atoms with E-state index in [1.165, 1.54) is 44.8 Å². The molecule has 0 atom stereocenters. The van der Waals surface area contributed by atoms with Gasteiger partial charge in [-0.3, -0.25) is 0 Å². The smallest absolute Gasteiger partial charge is 0.0503 e. The molecule has 0 aliphatic heterocycles. The van der Waals surface area contributed by atoms with Gasteiger partial charge >= 0.3 is 0 Å².